The fraction of sp³-hybridized carbons (Fsp3) is 0.0714. The van der Waals surface area contributed by atoms with Gasteiger partial charge in [-0.15, -0.1) is 0 Å². The summed E-state index contributed by atoms with van der Waals surface area (Å²) >= 11 is 0. The van der Waals surface area contributed by atoms with Crippen LogP contribution in [0.4, 0.5) is 0 Å². The Bertz CT molecular complexity index is 635. The van der Waals surface area contributed by atoms with Gasteiger partial charge in [0.05, 0.1) is 5.52 Å². The molecule has 0 fully saturated rings. The van der Waals surface area contributed by atoms with Gasteiger partial charge >= 0.3 is 0 Å². The highest BCUT2D eigenvalue weighted by Gasteiger charge is 2.00. The molecule has 3 nitrogen and oxygen atoms in total. The van der Waals surface area contributed by atoms with Crippen LogP contribution in [0.25, 0.3) is 10.9 Å². The second kappa shape index (κ2) is 4.29. The summed E-state index contributed by atoms with van der Waals surface area (Å²) in [7, 11) is 0. The average molecular weight is 221 g/mol. The molecule has 1 aromatic carbocycles. The van der Waals surface area contributed by atoms with E-state index < -0.39 is 0 Å². The largest absolute Gasteiger partial charge is 0.252 e. The Kier molecular flexibility index (Phi) is 2.50. The van der Waals surface area contributed by atoms with E-state index in [4.69, 9.17) is 0 Å². The van der Waals surface area contributed by atoms with Crippen molar-refractivity contribution < 1.29 is 0 Å². The second-order valence-corrected chi connectivity index (χ2v) is 3.92. The summed E-state index contributed by atoms with van der Waals surface area (Å²) < 4.78 is 0. The number of rotatable bonds is 2. The molecule has 0 radical (unpaired) electrons. The molecule has 3 heteroatoms. The van der Waals surface area contributed by atoms with E-state index in [0.29, 0.717) is 0 Å². The predicted molar refractivity (Wildman–Crippen MR) is 66.6 cm³/mol. The standard InChI is InChI=1S/C14H11N3/c1-2-4-14-12(3-1)5-6-13(17-14)7-11-8-15-10-16-9-11/h1-6,8-10H,7H2. The monoisotopic (exact) mass is 221 g/mol. The lowest BCUT2D eigenvalue weighted by molar-refractivity contribution is 1.04. The van der Waals surface area contributed by atoms with Gasteiger partial charge in [0.15, 0.2) is 0 Å². The zero-order chi connectivity index (χ0) is 11.5. The van der Waals surface area contributed by atoms with Crippen molar-refractivity contribution in [1.82, 2.24) is 15.0 Å². The molecule has 2 aromatic heterocycles. The number of fused-ring (bicyclic) bond motifs is 1. The van der Waals surface area contributed by atoms with Crippen LogP contribution >= 0.6 is 0 Å². The first-order chi connectivity index (χ1) is 8.42. The van der Waals surface area contributed by atoms with Gasteiger partial charge in [0.2, 0.25) is 0 Å². The molecular formula is C14H11N3. The number of aromatic nitrogens is 3. The van der Waals surface area contributed by atoms with Gasteiger partial charge in [-0.05, 0) is 17.7 Å². The number of pyridine rings is 1. The Hall–Kier alpha value is -2.29. The van der Waals surface area contributed by atoms with Crippen molar-refractivity contribution >= 4 is 10.9 Å². The van der Waals surface area contributed by atoms with Crippen molar-refractivity contribution in [3.05, 3.63) is 66.4 Å². The van der Waals surface area contributed by atoms with Gasteiger partial charge in [0.1, 0.15) is 6.33 Å². The van der Waals surface area contributed by atoms with E-state index in [2.05, 4.69) is 33.2 Å². The molecule has 17 heavy (non-hydrogen) atoms. The Labute approximate surface area is 99.2 Å². The highest BCUT2D eigenvalue weighted by atomic mass is 14.8. The van der Waals surface area contributed by atoms with Crippen molar-refractivity contribution in [3.63, 3.8) is 0 Å². The summed E-state index contributed by atoms with van der Waals surface area (Å²) in [5.74, 6) is 0. The third-order valence-electron chi connectivity index (χ3n) is 2.66. The van der Waals surface area contributed by atoms with E-state index in [1.54, 1.807) is 0 Å². The van der Waals surface area contributed by atoms with Gasteiger partial charge in [0.25, 0.3) is 0 Å². The highest BCUT2D eigenvalue weighted by Crippen LogP contribution is 2.13. The number of nitrogens with zero attached hydrogens (tertiary/aromatic N) is 3. The molecule has 0 N–H and O–H groups in total. The van der Waals surface area contributed by atoms with Crippen LogP contribution in [0.3, 0.4) is 0 Å². The molecule has 0 bridgehead atoms. The van der Waals surface area contributed by atoms with Gasteiger partial charge in [0, 0.05) is 29.9 Å². The number of para-hydroxylation sites is 1. The zero-order valence-electron chi connectivity index (χ0n) is 9.24. The molecule has 0 aliphatic heterocycles. The van der Waals surface area contributed by atoms with Crippen LogP contribution in [0.15, 0.2) is 55.1 Å². The van der Waals surface area contributed by atoms with Crippen molar-refractivity contribution in [3.8, 4) is 0 Å². The van der Waals surface area contributed by atoms with Gasteiger partial charge in [-0.1, -0.05) is 24.3 Å². The van der Waals surface area contributed by atoms with Gasteiger partial charge in [-0.25, -0.2) is 9.97 Å². The zero-order valence-corrected chi connectivity index (χ0v) is 9.24. The maximum atomic E-state index is 4.61. The lowest BCUT2D eigenvalue weighted by Gasteiger charge is -2.02. The van der Waals surface area contributed by atoms with Gasteiger partial charge in [-0.2, -0.15) is 0 Å². The molecule has 0 unspecified atom stereocenters. The first-order valence-corrected chi connectivity index (χ1v) is 5.50. The molecule has 3 aromatic rings. The Morgan fingerprint density at radius 3 is 2.59 bits per heavy atom. The second-order valence-electron chi connectivity index (χ2n) is 3.92. The fourth-order valence-corrected chi connectivity index (χ4v) is 1.84. The van der Waals surface area contributed by atoms with E-state index in [1.807, 2.05) is 30.6 Å². The minimum atomic E-state index is 0.770. The van der Waals surface area contributed by atoms with E-state index in [1.165, 1.54) is 11.7 Å². The Balaban J connectivity index is 1.96. The van der Waals surface area contributed by atoms with Crippen molar-refractivity contribution in [2.45, 2.75) is 6.42 Å². The highest BCUT2D eigenvalue weighted by molar-refractivity contribution is 5.78. The van der Waals surface area contributed by atoms with E-state index in [9.17, 15) is 0 Å². The molecule has 0 saturated carbocycles. The topological polar surface area (TPSA) is 38.7 Å². The Morgan fingerprint density at radius 2 is 1.71 bits per heavy atom. The van der Waals surface area contributed by atoms with Crippen LogP contribution < -0.4 is 0 Å². The maximum absolute atomic E-state index is 4.61. The van der Waals surface area contributed by atoms with Crippen LogP contribution in [0, 0.1) is 0 Å². The average Bonchev–Trinajstić information content (AvgIpc) is 2.40. The Morgan fingerprint density at radius 1 is 0.882 bits per heavy atom. The van der Waals surface area contributed by atoms with Gasteiger partial charge < -0.3 is 0 Å². The third kappa shape index (κ3) is 2.13. The molecule has 0 amide bonds. The fourth-order valence-electron chi connectivity index (χ4n) is 1.84. The summed E-state index contributed by atoms with van der Waals surface area (Å²) in [6, 6.07) is 12.3. The molecule has 0 aliphatic rings. The van der Waals surface area contributed by atoms with Crippen LogP contribution in [0.5, 0.6) is 0 Å². The minimum absolute atomic E-state index is 0.770. The lowest BCUT2D eigenvalue weighted by atomic mass is 10.1. The number of hydrogen-bond acceptors (Lipinski definition) is 3. The van der Waals surface area contributed by atoms with Crippen LogP contribution in [0.1, 0.15) is 11.3 Å². The van der Waals surface area contributed by atoms with E-state index >= 15 is 0 Å². The molecular weight excluding hydrogens is 210 g/mol. The number of benzene rings is 1. The van der Waals surface area contributed by atoms with Crippen molar-refractivity contribution in [2.24, 2.45) is 0 Å². The smallest absolute Gasteiger partial charge is 0.115 e. The molecule has 3 rings (SSSR count). The summed E-state index contributed by atoms with van der Waals surface area (Å²) in [5.41, 5.74) is 3.15. The third-order valence-corrected chi connectivity index (χ3v) is 2.66. The van der Waals surface area contributed by atoms with Crippen LogP contribution in [0.2, 0.25) is 0 Å². The molecule has 82 valence electrons. The maximum Gasteiger partial charge on any atom is 0.115 e. The van der Waals surface area contributed by atoms with Gasteiger partial charge in [-0.3, -0.25) is 4.98 Å². The SMILES string of the molecule is c1ccc2nc(Cc3cncnc3)ccc2c1. The van der Waals surface area contributed by atoms with Crippen molar-refractivity contribution in [2.75, 3.05) is 0 Å². The normalized spacial score (nSPS) is 10.6. The quantitative estimate of drug-likeness (QED) is 0.667. The molecule has 0 aliphatic carbocycles. The van der Waals surface area contributed by atoms with Crippen LogP contribution in [-0.4, -0.2) is 15.0 Å². The number of hydrogen-bond donors (Lipinski definition) is 0. The summed E-state index contributed by atoms with van der Waals surface area (Å²) in [6.07, 6.45) is 5.96. The molecule has 0 spiro atoms. The van der Waals surface area contributed by atoms with Crippen molar-refractivity contribution in [1.29, 1.82) is 0 Å². The molecule has 0 saturated heterocycles. The predicted octanol–water partition coefficient (Wildman–Crippen LogP) is 2.62. The molecule has 2 heterocycles. The lowest BCUT2D eigenvalue weighted by Crippen LogP contribution is -1.93. The minimum Gasteiger partial charge on any atom is -0.252 e. The summed E-state index contributed by atoms with van der Waals surface area (Å²) in [5, 5.41) is 1.17. The van der Waals surface area contributed by atoms with E-state index in [-0.39, 0.29) is 0 Å². The molecule has 0 atom stereocenters. The first-order valence-electron chi connectivity index (χ1n) is 5.50. The first kappa shape index (κ1) is 9.90. The van der Waals surface area contributed by atoms with Crippen LogP contribution in [-0.2, 0) is 6.42 Å². The van der Waals surface area contributed by atoms with E-state index in [0.717, 1.165) is 23.2 Å². The summed E-state index contributed by atoms with van der Waals surface area (Å²) in [6.45, 7) is 0. The summed E-state index contributed by atoms with van der Waals surface area (Å²) in [4.78, 5) is 12.6.